The molecule has 23 heavy (non-hydrogen) atoms. The number of nitrogens with one attached hydrogen (secondary N) is 3. The molecule has 1 aromatic heterocycles. The van der Waals surface area contributed by atoms with Crippen LogP contribution in [0.1, 0.15) is 23.5 Å². The lowest BCUT2D eigenvalue weighted by molar-refractivity contribution is -0.117. The number of anilines is 2. The van der Waals surface area contributed by atoms with Gasteiger partial charge in [-0.25, -0.2) is 0 Å². The fourth-order valence-electron chi connectivity index (χ4n) is 1.83. The van der Waals surface area contributed by atoms with Crippen LogP contribution in [0.5, 0.6) is 0 Å². The maximum atomic E-state index is 12.1. The van der Waals surface area contributed by atoms with Crippen molar-refractivity contribution >= 4 is 40.4 Å². The van der Waals surface area contributed by atoms with Gasteiger partial charge in [0.1, 0.15) is 6.04 Å². The van der Waals surface area contributed by atoms with Crippen molar-refractivity contribution in [2.75, 3.05) is 10.6 Å². The standard InChI is InChI=1S/C16H17N3O3S/c1-10(17-16(22)14-4-3-9-23-14)15(21)19-13-7-5-12(6-8-13)18-11(2)20/h3-10H,1-2H3,(H,17,22)(H,18,20)(H,19,21). The van der Waals surface area contributed by atoms with Crippen LogP contribution in [0.25, 0.3) is 0 Å². The topological polar surface area (TPSA) is 87.3 Å². The molecule has 0 saturated heterocycles. The van der Waals surface area contributed by atoms with Crippen molar-refractivity contribution in [3.05, 3.63) is 46.7 Å². The highest BCUT2D eigenvalue weighted by Crippen LogP contribution is 2.14. The maximum Gasteiger partial charge on any atom is 0.261 e. The van der Waals surface area contributed by atoms with Gasteiger partial charge in [-0.05, 0) is 42.6 Å². The molecule has 0 saturated carbocycles. The Kier molecular flexibility index (Phi) is 5.48. The summed E-state index contributed by atoms with van der Waals surface area (Å²) in [5.74, 6) is -0.752. The van der Waals surface area contributed by atoms with E-state index >= 15 is 0 Å². The van der Waals surface area contributed by atoms with Crippen molar-refractivity contribution in [2.45, 2.75) is 19.9 Å². The van der Waals surface area contributed by atoms with Crippen LogP contribution in [0.2, 0.25) is 0 Å². The van der Waals surface area contributed by atoms with Crippen LogP contribution in [-0.2, 0) is 9.59 Å². The van der Waals surface area contributed by atoms with Crippen LogP contribution in [0.15, 0.2) is 41.8 Å². The number of thiophene rings is 1. The number of rotatable bonds is 5. The normalized spacial score (nSPS) is 11.4. The Morgan fingerprint density at radius 1 is 1.00 bits per heavy atom. The number of benzene rings is 1. The average Bonchev–Trinajstić information content (AvgIpc) is 3.03. The van der Waals surface area contributed by atoms with E-state index in [1.54, 1.807) is 48.7 Å². The maximum absolute atomic E-state index is 12.1. The van der Waals surface area contributed by atoms with Crippen LogP contribution >= 0.6 is 11.3 Å². The van der Waals surface area contributed by atoms with Crippen LogP contribution < -0.4 is 16.0 Å². The van der Waals surface area contributed by atoms with Crippen molar-refractivity contribution in [3.8, 4) is 0 Å². The van der Waals surface area contributed by atoms with Crippen molar-refractivity contribution in [1.82, 2.24) is 5.32 Å². The molecule has 3 amide bonds. The molecule has 2 aromatic rings. The minimum absolute atomic E-state index is 0.160. The number of carbonyl (C=O) groups excluding carboxylic acids is 3. The summed E-state index contributed by atoms with van der Waals surface area (Å²) in [7, 11) is 0. The SMILES string of the molecule is CC(=O)Nc1ccc(NC(=O)C(C)NC(=O)c2cccs2)cc1. The summed E-state index contributed by atoms with van der Waals surface area (Å²) < 4.78 is 0. The Hall–Kier alpha value is -2.67. The van der Waals surface area contributed by atoms with Crippen LogP contribution in [0.4, 0.5) is 11.4 Å². The molecule has 1 atom stereocenters. The average molecular weight is 331 g/mol. The molecular formula is C16H17N3O3S. The second-order valence-electron chi connectivity index (χ2n) is 4.92. The monoisotopic (exact) mass is 331 g/mol. The molecule has 120 valence electrons. The van der Waals surface area contributed by atoms with Gasteiger partial charge in [0, 0.05) is 18.3 Å². The molecule has 0 spiro atoms. The van der Waals surface area contributed by atoms with E-state index in [2.05, 4.69) is 16.0 Å². The summed E-state index contributed by atoms with van der Waals surface area (Å²) in [5.41, 5.74) is 1.23. The first-order chi connectivity index (χ1) is 11.0. The Balaban J connectivity index is 1.90. The van der Waals surface area contributed by atoms with Gasteiger partial charge in [0.25, 0.3) is 5.91 Å². The molecule has 0 aliphatic rings. The van der Waals surface area contributed by atoms with Gasteiger partial charge in [-0.2, -0.15) is 0 Å². The lowest BCUT2D eigenvalue weighted by atomic mass is 10.2. The van der Waals surface area contributed by atoms with Crippen LogP contribution in [0, 0.1) is 0 Å². The molecule has 0 radical (unpaired) electrons. The summed E-state index contributed by atoms with van der Waals surface area (Å²) in [4.78, 5) is 35.5. The highest BCUT2D eigenvalue weighted by atomic mass is 32.1. The quantitative estimate of drug-likeness (QED) is 0.786. The van der Waals surface area contributed by atoms with Gasteiger partial charge in [0.15, 0.2) is 0 Å². The summed E-state index contributed by atoms with van der Waals surface area (Å²) >= 11 is 1.32. The Morgan fingerprint density at radius 3 is 2.13 bits per heavy atom. The van der Waals surface area contributed by atoms with Crippen LogP contribution in [-0.4, -0.2) is 23.8 Å². The highest BCUT2D eigenvalue weighted by molar-refractivity contribution is 7.12. The summed E-state index contributed by atoms with van der Waals surface area (Å²) in [5, 5.41) is 9.80. The highest BCUT2D eigenvalue weighted by Gasteiger charge is 2.17. The smallest absolute Gasteiger partial charge is 0.261 e. The molecule has 0 bridgehead atoms. The molecule has 1 unspecified atom stereocenters. The second kappa shape index (κ2) is 7.55. The van der Waals surface area contributed by atoms with Crippen molar-refractivity contribution in [1.29, 1.82) is 0 Å². The van der Waals surface area contributed by atoms with Gasteiger partial charge in [0.05, 0.1) is 4.88 Å². The van der Waals surface area contributed by atoms with E-state index in [9.17, 15) is 14.4 Å². The number of hydrogen-bond donors (Lipinski definition) is 3. The van der Waals surface area contributed by atoms with E-state index in [4.69, 9.17) is 0 Å². The van der Waals surface area contributed by atoms with E-state index < -0.39 is 6.04 Å². The third-order valence-corrected chi connectivity index (χ3v) is 3.83. The fourth-order valence-corrected chi connectivity index (χ4v) is 2.46. The van der Waals surface area contributed by atoms with E-state index in [1.807, 2.05) is 0 Å². The Bertz CT molecular complexity index is 696. The van der Waals surface area contributed by atoms with Crippen LogP contribution in [0.3, 0.4) is 0 Å². The molecule has 2 rings (SSSR count). The van der Waals surface area contributed by atoms with E-state index in [1.165, 1.54) is 18.3 Å². The zero-order valence-electron chi connectivity index (χ0n) is 12.8. The molecule has 7 heteroatoms. The predicted molar refractivity (Wildman–Crippen MR) is 90.6 cm³/mol. The zero-order valence-corrected chi connectivity index (χ0v) is 13.6. The lowest BCUT2D eigenvalue weighted by Gasteiger charge is -2.14. The molecule has 0 aliphatic heterocycles. The first-order valence-electron chi connectivity index (χ1n) is 6.98. The first kappa shape index (κ1) is 16.7. The Morgan fingerprint density at radius 2 is 1.61 bits per heavy atom. The second-order valence-corrected chi connectivity index (χ2v) is 5.87. The fraction of sp³-hybridized carbons (Fsp3) is 0.188. The molecule has 3 N–H and O–H groups in total. The minimum atomic E-state index is -0.667. The number of carbonyl (C=O) groups is 3. The largest absolute Gasteiger partial charge is 0.340 e. The summed E-state index contributed by atoms with van der Waals surface area (Å²) in [6, 6.07) is 9.54. The van der Waals surface area contributed by atoms with E-state index in [0.717, 1.165) is 0 Å². The molecule has 1 heterocycles. The van der Waals surface area contributed by atoms with Gasteiger partial charge < -0.3 is 16.0 Å². The third-order valence-electron chi connectivity index (χ3n) is 2.96. The zero-order chi connectivity index (χ0) is 16.8. The molecule has 6 nitrogen and oxygen atoms in total. The van der Waals surface area contributed by atoms with Gasteiger partial charge >= 0.3 is 0 Å². The van der Waals surface area contributed by atoms with E-state index in [-0.39, 0.29) is 17.7 Å². The summed E-state index contributed by atoms with van der Waals surface area (Å²) in [6.45, 7) is 3.04. The van der Waals surface area contributed by atoms with Gasteiger partial charge in [-0.15, -0.1) is 11.3 Å². The number of amides is 3. The van der Waals surface area contributed by atoms with E-state index in [0.29, 0.717) is 16.3 Å². The van der Waals surface area contributed by atoms with Crippen molar-refractivity contribution in [2.24, 2.45) is 0 Å². The molecular weight excluding hydrogens is 314 g/mol. The Labute approximate surface area is 137 Å². The van der Waals surface area contributed by atoms with Crippen molar-refractivity contribution in [3.63, 3.8) is 0 Å². The van der Waals surface area contributed by atoms with Gasteiger partial charge in [-0.3, -0.25) is 14.4 Å². The van der Waals surface area contributed by atoms with Gasteiger partial charge in [0.2, 0.25) is 11.8 Å². The molecule has 0 aliphatic carbocycles. The third kappa shape index (κ3) is 4.93. The molecule has 1 aromatic carbocycles. The lowest BCUT2D eigenvalue weighted by Crippen LogP contribution is -2.41. The summed E-state index contributed by atoms with van der Waals surface area (Å²) in [6.07, 6.45) is 0. The minimum Gasteiger partial charge on any atom is -0.340 e. The van der Waals surface area contributed by atoms with Crippen molar-refractivity contribution < 1.29 is 14.4 Å². The van der Waals surface area contributed by atoms with Gasteiger partial charge in [-0.1, -0.05) is 6.07 Å². The first-order valence-corrected chi connectivity index (χ1v) is 7.86. The number of hydrogen-bond acceptors (Lipinski definition) is 4. The predicted octanol–water partition coefficient (Wildman–Crippen LogP) is 2.46. The molecule has 0 fully saturated rings.